The van der Waals surface area contributed by atoms with Gasteiger partial charge in [0, 0.05) is 12.3 Å². The Morgan fingerprint density at radius 1 is 1.21 bits per heavy atom. The van der Waals surface area contributed by atoms with Crippen LogP contribution < -0.4 is 5.32 Å². The number of hydrogen-bond acceptors (Lipinski definition) is 4. The minimum Gasteiger partial charge on any atom is -0.481 e. The third-order valence-electron chi connectivity index (χ3n) is 3.57. The second-order valence-corrected chi connectivity index (χ2v) is 7.34. The third kappa shape index (κ3) is 4.81. The number of nitrogens with one attached hydrogen (secondary N) is 1. The van der Waals surface area contributed by atoms with Crippen molar-refractivity contribution in [2.75, 3.05) is 18.1 Å². The number of amides is 1. The standard InChI is InChI=1S/C12H21NO5S/c1-2-19(17,18)8-7-13-11(14)9-5-3-4-6-10(9)12(15)16/h9-10H,2-8H2,1H3,(H,13,14)(H,15,16). The van der Waals surface area contributed by atoms with E-state index in [-0.39, 0.29) is 24.0 Å². The summed E-state index contributed by atoms with van der Waals surface area (Å²) in [6.45, 7) is 1.61. The molecule has 2 N–H and O–H groups in total. The molecule has 0 heterocycles. The fraction of sp³-hybridized carbons (Fsp3) is 0.833. The number of sulfone groups is 1. The molecule has 0 aromatic carbocycles. The van der Waals surface area contributed by atoms with Gasteiger partial charge in [0.1, 0.15) is 0 Å². The zero-order valence-corrected chi connectivity index (χ0v) is 11.9. The summed E-state index contributed by atoms with van der Waals surface area (Å²) < 4.78 is 22.6. The summed E-state index contributed by atoms with van der Waals surface area (Å²) in [5.41, 5.74) is 0. The molecule has 0 saturated heterocycles. The van der Waals surface area contributed by atoms with Crippen LogP contribution in [0.4, 0.5) is 0 Å². The first kappa shape index (κ1) is 15.9. The van der Waals surface area contributed by atoms with Crippen molar-refractivity contribution in [2.45, 2.75) is 32.6 Å². The molecule has 6 nitrogen and oxygen atoms in total. The number of hydrogen-bond donors (Lipinski definition) is 2. The molecule has 0 aliphatic heterocycles. The second kappa shape index (κ2) is 6.88. The molecule has 1 fully saturated rings. The van der Waals surface area contributed by atoms with Crippen LogP contribution in [0.15, 0.2) is 0 Å². The molecule has 1 rings (SSSR count). The molecule has 1 amide bonds. The van der Waals surface area contributed by atoms with E-state index in [1.165, 1.54) is 0 Å². The van der Waals surface area contributed by atoms with Gasteiger partial charge >= 0.3 is 5.97 Å². The average Bonchev–Trinajstić information content (AvgIpc) is 2.38. The molecule has 1 aliphatic rings. The fourth-order valence-electron chi connectivity index (χ4n) is 2.35. The molecular weight excluding hydrogens is 270 g/mol. The molecule has 0 bridgehead atoms. The minimum absolute atomic E-state index is 0.0457. The molecule has 0 radical (unpaired) electrons. The zero-order valence-electron chi connectivity index (χ0n) is 11.1. The largest absolute Gasteiger partial charge is 0.481 e. The van der Waals surface area contributed by atoms with Gasteiger partial charge in [-0.3, -0.25) is 9.59 Å². The Morgan fingerprint density at radius 2 is 1.79 bits per heavy atom. The highest BCUT2D eigenvalue weighted by Gasteiger charge is 2.35. The number of aliphatic carboxylic acids is 1. The maximum atomic E-state index is 11.9. The van der Waals surface area contributed by atoms with Crippen LogP contribution in [0, 0.1) is 11.8 Å². The van der Waals surface area contributed by atoms with E-state index in [1.54, 1.807) is 6.92 Å². The third-order valence-corrected chi connectivity index (χ3v) is 5.28. The van der Waals surface area contributed by atoms with Gasteiger partial charge in [-0.05, 0) is 12.8 Å². The first-order valence-electron chi connectivity index (χ1n) is 6.58. The van der Waals surface area contributed by atoms with Gasteiger partial charge in [-0.1, -0.05) is 19.8 Å². The van der Waals surface area contributed by atoms with Gasteiger partial charge in [-0.2, -0.15) is 0 Å². The molecule has 1 aliphatic carbocycles. The molecular formula is C12H21NO5S. The summed E-state index contributed by atoms with van der Waals surface area (Å²) in [7, 11) is -3.11. The molecule has 0 spiro atoms. The predicted octanol–water partition coefficient (Wildman–Crippen LogP) is 0.428. The van der Waals surface area contributed by atoms with E-state index < -0.39 is 27.6 Å². The zero-order chi connectivity index (χ0) is 14.5. The van der Waals surface area contributed by atoms with Crippen molar-refractivity contribution in [3.63, 3.8) is 0 Å². The molecule has 1 saturated carbocycles. The quantitative estimate of drug-likeness (QED) is 0.739. The highest BCUT2D eigenvalue weighted by molar-refractivity contribution is 7.91. The molecule has 0 aromatic heterocycles. The molecule has 19 heavy (non-hydrogen) atoms. The molecule has 2 atom stereocenters. The Labute approximate surface area is 113 Å². The number of rotatable bonds is 6. The van der Waals surface area contributed by atoms with Crippen molar-refractivity contribution in [1.82, 2.24) is 5.32 Å². The SMILES string of the molecule is CCS(=O)(=O)CCNC(=O)C1CCCCC1C(=O)O. The summed E-state index contributed by atoms with van der Waals surface area (Å²) in [4.78, 5) is 23.0. The Balaban J connectivity index is 2.50. The number of carboxylic acids is 1. The molecule has 2 unspecified atom stereocenters. The van der Waals surface area contributed by atoms with Crippen LogP contribution in [0.5, 0.6) is 0 Å². The maximum absolute atomic E-state index is 11.9. The van der Waals surface area contributed by atoms with E-state index in [9.17, 15) is 18.0 Å². The van der Waals surface area contributed by atoms with Crippen molar-refractivity contribution in [1.29, 1.82) is 0 Å². The van der Waals surface area contributed by atoms with E-state index in [0.717, 1.165) is 12.8 Å². The van der Waals surface area contributed by atoms with Crippen LogP contribution >= 0.6 is 0 Å². The molecule has 7 heteroatoms. The van der Waals surface area contributed by atoms with Crippen molar-refractivity contribution >= 4 is 21.7 Å². The van der Waals surface area contributed by atoms with Crippen LogP contribution in [0.1, 0.15) is 32.6 Å². The Hall–Kier alpha value is -1.11. The van der Waals surface area contributed by atoms with Gasteiger partial charge in [-0.25, -0.2) is 8.42 Å². The summed E-state index contributed by atoms with van der Waals surface area (Å²) >= 11 is 0. The van der Waals surface area contributed by atoms with Crippen LogP contribution in [0.25, 0.3) is 0 Å². The van der Waals surface area contributed by atoms with E-state index in [2.05, 4.69) is 5.32 Å². The first-order valence-corrected chi connectivity index (χ1v) is 8.40. The minimum atomic E-state index is -3.11. The topological polar surface area (TPSA) is 101 Å². The van der Waals surface area contributed by atoms with Crippen LogP contribution in [-0.2, 0) is 19.4 Å². The summed E-state index contributed by atoms with van der Waals surface area (Å²) in [6.07, 6.45) is 2.74. The van der Waals surface area contributed by atoms with Gasteiger partial charge in [0.2, 0.25) is 5.91 Å². The Morgan fingerprint density at radius 3 is 2.32 bits per heavy atom. The van der Waals surface area contributed by atoms with Gasteiger partial charge in [-0.15, -0.1) is 0 Å². The Bertz CT molecular complexity index is 431. The average molecular weight is 291 g/mol. The lowest BCUT2D eigenvalue weighted by Crippen LogP contribution is -2.41. The van der Waals surface area contributed by atoms with Gasteiger partial charge in [0.25, 0.3) is 0 Å². The lowest BCUT2D eigenvalue weighted by atomic mass is 9.79. The lowest BCUT2D eigenvalue weighted by molar-refractivity contribution is -0.148. The number of carbonyl (C=O) groups excluding carboxylic acids is 1. The van der Waals surface area contributed by atoms with Crippen molar-refractivity contribution in [2.24, 2.45) is 11.8 Å². The van der Waals surface area contributed by atoms with E-state index in [1.807, 2.05) is 0 Å². The molecule has 0 aromatic rings. The van der Waals surface area contributed by atoms with Crippen LogP contribution in [0.3, 0.4) is 0 Å². The summed E-state index contributed by atoms with van der Waals surface area (Å²) in [6, 6.07) is 0. The fourth-order valence-corrected chi connectivity index (χ4v) is 3.05. The second-order valence-electron chi connectivity index (χ2n) is 4.86. The van der Waals surface area contributed by atoms with E-state index >= 15 is 0 Å². The van der Waals surface area contributed by atoms with Crippen LogP contribution in [-0.4, -0.2) is 43.5 Å². The van der Waals surface area contributed by atoms with Crippen molar-refractivity contribution in [3.05, 3.63) is 0 Å². The van der Waals surface area contributed by atoms with Gasteiger partial charge in [0.05, 0.1) is 17.6 Å². The van der Waals surface area contributed by atoms with Crippen molar-refractivity contribution in [3.8, 4) is 0 Å². The van der Waals surface area contributed by atoms with E-state index in [0.29, 0.717) is 12.8 Å². The first-order chi connectivity index (χ1) is 8.87. The number of carboxylic acid groups (broad SMARTS) is 1. The highest BCUT2D eigenvalue weighted by atomic mass is 32.2. The molecule has 110 valence electrons. The normalized spacial score (nSPS) is 23.8. The predicted molar refractivity (Wildman–Crippen MR) is 70.4 cm³/mol. The monoisotopic (exact) mass is 291 g/mol. The van der Waals surface area contributed by atoms with Gasteiger partial charge < -0.3 is 10.4 Å². The maximum Gasteiger partial charge on any atom is 0.307 e. The highest BCUT2D eigenvalue weighted by Crippen LogP contribution is 2.30. The summed E-state index contributed by atoms with van der Waals surface area (Å²) in [5.74, 6) is -2.50. The van der Waals surface area contributed by atoms with Gasteiger partial charge in [0.15, 0.2) is 9.84 Å². The van der Waals surface area contributed by atoms with E-state index in [4.69, 9.17) is 5.11 Å². The smallest absolute Gasteiger partial charge is 0.307 e. The summed E-state index contributed by atoms with van der Waals surface area (Å²) in [5, 5.41) is 11.6. The lowest BCUT2D eigenvalue weighted by Gasteiger charge is -2.27. The van der Waals surface area contributed by atoms with Crippen LogP contribution in [0.2, 0.25) is 0 Å². The number of carbonyl (C=O) groups is 2. The van der Waals surface area contributed by atoms with Crippen molar-refractivity contribution < 1.29 is 23.1 Å². The Kier molecular flexibility index (Phi) is 5.78.